The van der Waals surface area contributed by atoms with Crippen LogP contribution in [0.5, 0.6) is 0 Å². The van der Waals surface area contributed by atoms with Crippen molar-refractivity contribution in [1.29, 1.82) is 0 Å². The van der Waals surface area contributed by atoms with E-state index in [9.17, 15) is 4.79 Å². The van der Waals surface area contributed by atoms with Crippen molar-refractivity contribution in [3.63, 3.8) is 0 Å². The van der Waals surface area contributed by atoms with Crippen molar-refractivity contribution in [3.05, 3.63) is 45.8 Å². The first-order chi connectivity index (χ1) is 8.58. The molecular formula is C13H14IN3O. The summed E-state index contributed by atoms with van der Waals surface area (Å²) in [6.45, 7) is 3.86. The van der Waals surface area contributed by atoms with E-state index in [2.05, 4.69) is 33.0 Å². The van der Waals surface area contributed by atoms with Crippen LogP contribution in [0.1, 0.15) is 18.5 Å². The molecule has 0 radical (unpaired) electrons. The summed E-state index contributed by atoms with van der Waals surface area (Å²) >= 11 is 2.26. The van der Waals surface area contributed by atoms with Crippen LogP contribution < -0.4 is 5.32 Å². The van der Waals surface area contributed by atoms with Gasteiger partial charge >= 0.3 is 0 Å². The number of halogens is 1. The van der Waals surface area contributed by atoms with E-state index in [1.54, 1.807) is 23.1 Å². The van der Waals surface area contributed by atoms with Crippen molar-refractivity contribution in [2.45, 2.75) is 19.9 Å². The Morgan fingerprint density at radius 2 is 2.28 bits per heavy atom. The molecule has 0 aliphatic rings. The van der Waals surface area contributed by atoms with Gasteiger partial charge in [0.05, 0.1) is 0 Å². The molecule has 0 saturated carbocycles. The molecule has 18 heavy (non-hydrogen) atoms. The predicted octanol–water partition coefficient (Wildman–Crippen LogP) is 3.00. The molecular weight excluding hydrogens is 341 g/mol. The van der Waals surface area contributed by atoms with Crippen LogP contribution in [-0.2, 0) is 4.79 Å². The second kappa shape index (κ2) is 5.51. The lowest BCUT2D eigenvalue weighted by molar-refractivity contribution is -0.119. The summed E-state index contributed by atoms with van der Waals surface area (Å²) in [5.41, 5.74) is 2.02. The Morgan fingerprint density at radius 1 is 1.50 bits per heavy atom. The number of rotatable bonds is 3. The topological polar surface area (TPSA) is 46.9 Å². The van der Waals surface area contributed by atoms with Gasteiger partial charge in [0.15, 0.2) is 0 Å². The van der Waals surface area contributed by atoms with Crippen LogP contribution in [0.3, 0.4) is 0 Å². The van der Waals surface area contributed by atoms with Crippen LogP contribution in [0.2, 0.25) is 0 Å². The Labute approximate surface area is 120 Å². The van der Waals surface area contributed by atoms with Crippen molar-refractivity contribution in [1.82, 2.24) is 9.78 Å². The summed E-state index contributed by atoms with van der Waals surface area (Å²) in [6.07, 6.45) is 3.45. The molecule has 0 saturated heterocycles. The maximum Gasteiger partial charge on any atom is 0.248 e. The van der Waals surface area contributed by atoms with E-state index in [1.807, 2.05) is 32.0 Å². The number of hydrogen-bond donors (Lipinski definition) is 1. The van der Waals surface area contributed by atoms with Crippen molar-refractivity contribution < 1.29 is 4.79 Å². The van der Waals surface area contributed by atoms with E-state index in [0.717, 1.165) is 9.26 Å². The molecule has 1 atom stereocenters. The monoisotopic (exact) mass is 355 g/mol. The molecule has 94 valence electrons. The highest BCUT2D eigenvalue weighted by Crippen LogP contribution is 2.18. The molecule has 1 aromatic heterocycles. The Hall–Kier alpha value is -1.37. The molecule has 2 aromatic rings. The third-order valence-electron chi connectivity index (χ3n) is 2.74. The fourth-order valence-corrected chi connectivity index (χ4v) is 2.06. The summed E-state index contributed by atoms with van der Waals surface area (Å²) < 4.78 is 2.77. The first-order valence-electron chi connectivity index (χ1n) is 5.64. The fourth-order valence-electron chi connectivity index (χ4n) is 1.55. The number of nitrogens with zero attached hydrogens (tertiary/aromatic N) is 2. The summed E-state index contributed by atoms with van der Waals surface area (Å²) in [7, 11) is 0. The van der Waals surface area contributed by atoms with Crippen LogP contribution in [0, 0.1) is 10.5 Å². The highest BCUT2D eigenvalue weighted by molar-refractivity contribution is 14.1. The Morgan fingerprint density at radius 3 is 2.89 bits per heavy atom. The minimum absolute atomic E-state index is 0.0710. The van der Waals surface area contributed by atoms with Crippen LogP contribution in [0.15, 0.2) is 36.7 Å². The first kappa shape index (κ1) is 13.1. The number of aryl methyl sites for hydroxylation is 1. The molecule has 4 nitrogen and oxygen atoms in total. The van der Waals surface area contributed by atoms with Crippen molar-refractivity contribution in [3.8, 4) is 0 Å². The van der Waals surface area contributed by atoms with Gasteiger partial charge < -0.3 is 5.32 Å². The molecule has 1 amide bonds. The SMILES string of the molecule is Cc1ccc(NC(=O)C(C)n2cccn2)cc1I. The second-order valence-electron chi connectivity index (χ2n) is 4.12. The second-order valence-corrected chi connectivity index (χ2v) is 5.28. The molecule has 5 heteroatoms. The summed E-state index contributed by atoms with van der Waals surface area (Å²) in [6, 6.07) is 7.35. The third-order valence-corrected chi connectivity index (χ3v) is 3.90. The van der Waals surface area contributed by atoms with E-state index in [-0.39, 0.29) is 11.9 Å². The van der Waals surface area contributed by atoms with Gasteiger partial charge in [0.25, 0.3) is 0 Å². The van der Waals surface area contributed by atoms with Crippen LogP contribution in [0.25, 0.3) is 0 Å². The number of amides is 1. The zero-order valence-corrected chi connectivity index (χ0v) is 12.4. The number of carbonyl (C=O) groups is 1. The van der Waals surface area contributed by atoms with E-state index >= 15 is 0 Å². The largest absolute Gasteiger partial charge is 0.324 e. The highest BCUT2D eigenvalue weighted by Gasteiger charge is 2.15. The van der Waals surface area contributed by atoms with Gasteiger partial charge in [-0.1, -0.05) is 6.07 Å². The van der Waals surface area contributed by atoms with E-state index in [4.69, 9.17) is 0 Å². The molecule has 0 aliphatic heterocycles. The molecule has 0 spiro atoms. The van der Waals surface area contributed by atoms with Crippen molar-refractivity contribution in [2.75, 3.05) is 5.32 Å². The van der Waals surface area contributed by atoms with E-state index in [0.29, 0.717) is 0 Å². The van der Waals surface area contributed by atoms with Gasteiger partial charge in [-0.3, -0.25) is 9.48 Å². The average molecular weight is 355 g/mol. The maximum atomic E-state index is 12.0. The quantitative estimate of drug-likeness (QED) is 0.861. The predicted molar refractivity (Wildman–Crippen MR) is 79.5 cm³/mol. The summed E-state index contributed by atoms with van der Waals surface area (Å²) in [5, 5.41) is 6.96. The highest BCUT2D eigenvalue weighted by atomic mass is 127. The lowest BCUT2D eigenvalue weighted by Crippen LogP contribution is -2.24. The van der Waals surface area contributed by atoms with Gasteiger partial charge in [-0.2, -0.15) is 5.10 Å². The minimum atomic E-state index is -0.320. The molecule has 1 unspecified atom stereocenters. The number of anilines is 1. The summed E-state index contributed by atoms with van der Waals surface area (Å²) in [5.74, 6) is -0.0710. The van der Waals surface area contributed by atoms with Gasteiger partial charge in [-0.15, -0.1) is 0 Å². The molecule has 2 rings (SSSR count). The van der Waals surface area contributed by atoms with E-state index < -0.39 is 0 Å². The number of hydrogen-bond acceptors (Lipinski definition) is 2. The van der Waals surface area contributed by atoms with Crippen LogP contribution in [0.4, 0.5) is 5.69 Å². The molecule has 1 heterocycles. The number of nitrogens with one attached hydrogen (secondary N) is 1. The number of aromatic nitrogens is 2. The number of carbonyl (C=O) groups excluding carboxylic acids is 1. The molecule has 0 aliphatic carbocycles. The van der Waals surface area contributed by atoms with Gasteiger partial charge in [0, 0.05) is 21.7 Å². The average Bonchev–Trinajstić information content (AvgIpc) is 2.86. The normalized spacial score (nSPS) is 12.2. The minimum Gasteiger partial charge on any atom is -0.324 e. The fraction of sp³-hybridized carbons (Fsp3) is 0.231. The van der Waals surface area contributed by atoms with Gasteiger partial charge in [-0.25, -0.2) is 0 Å². The van der Waals surface area contributed by atoms with Gasteiger partial charge in [0.2, 0.25) is 5.91 Å². The standard InChI is InChI=1S/C13H14IN3O/c1-9-4-5-11(8-12(9)14)16-13(18)10(2)17-7-3-6-15-17/h3-8,10H,1-2H3,(H,16,18). The van der Waals surface area contributed by atoms with Crippen LogP contribution in [-0.4, -0.2) is 15.7 Å². The molecule has 1 N–H and O–H groups in total. The Bertz CT molecular complexity index is 551. The van der Waals surface area contributed by atoms with E-state index in [1.165, 1.54) is 5.56 Å². The number of benzene rings is 1. The zero-order chi connectivity index (χ0) is 13.1. The molecule has 0 bridgehead atoms. The van der Waals surface area contributed by atoms with Gasteiger partial charge in [0.1, 0.15) is 6.04 Å². The first-order valence-corrected chi connectivity index (χ1v) is 6.72. The lowest BCUT2D eigenvalue weighted by Gasteiger charge is -2.13. The smallest absolute Gasteiger partial charge is 0.248 e. The molecule has 0 fully saturated rings. The van der Waals surface area contributed by atoms with Crippen LogP contribution >= 0.6 is 22.6 Å². The lowest BCUT2D eigenvalue weighted by atomic mass is 10.2. The maximum absolute atomic E-state index is 12.0. The zero-order valence-electron chi connectivity index (χ0n) is 10.2. The third kappa shape index (κ3) is 2.90. The van der Waals surface area contributed by atoms with Crippen molar-refractivity contribution >= 4 is 34.2 Å². The summed E-state index contributed by atoms with van der Waals surface area (Å²) in [4.78, 5) is 12.0. The van der Waals surface area contributed by atoms with Gasteiger partial charge in [-0.05, 0) is 60.2 Å². The Kier molecular flexibility index (Phi) is 4.00. The molecule has 1 aromatic carbocycles. The Balaban J connectivity index is 2.09. The van der Waals surface area contributed by atoms with Crippen molar-refractivity contribution in [2.24, 2.45) is 0 Å².